The van der Waals surface area contributed by atoms with Crippen molar-refractivity contribution in [3.8, 4) is 12.3 Å². The van der Waals surface area contributed by atoms with Crippen LogP contribution >= 0.6 is 0 Å². The first-order chi connectivity index (χ1) is 6.08. The summed E-state index contributed by atoms with van der Waals surface area (Å²) in [6.07, 6.45) is 8.38. The Morgan fingerprint density at radius 2 is 2.38 bits per heavy atom. The van der Waals surface area contributed by atoms with E-state index in [1.165, 1.54) is 0 Å². The lowest BCUT2D eigenvalue weighted by atomic mass is 9.81. The SMILES string of the molecule is C#CCNC(=O)C1CCCC1(C)C. The lowest BCUT2D eigenvalue weighted by molar-refractivity contribution is -0.127. The van der Waals surface area contributed by atoms with Crippen molar-refractivity contribution < 1.29 is 4.79 Å². The lowest BCUT2D eigenvalue weighted by Gasteiger charge is -2.25. The van der Waals surface area contributed by atoms with Crippen LogP contribution in [-0.4, -0.2) is 12.5 Å². The topological polar surface area (TPSA) is 29.1 Å². The zero-order valence-corrected chi connectivity index (χ0v) is 8.39. The predicted molar refractivity (Wildman–Crippen MR) is 53.0 cm³/mol. The molecule has 0 heterocycles. The second kappa shape index (κ2) is 3.83. The maximum atomic E-state index is 11.6. The van der Waals surface area contributed by atoms with Crippen LogP contribution in [0.5, 0.6) is 0 Å². The highest BCUT2D eigenvalue weighted by atomic mass is 16.1. The average Bonchev–Trinajstić information content (AvgIpc) is 2.41. The first-order valence-corrected chi connectivity index (χ1v) is 4.79. The molecule has 1 atom stereocenters. The van der Waals surface area contributed by atoms with Gasteiger partial charge in [0.25, 0.3) is 0 Å². The molecule has 0 bridgehead atoms. The van der Waals surface area contributed by atoms with Crippen LogP contribution in [-0.2, 0) is 4.79 Å². The maximum absolute atomic E-state index is 11.6. The van der Waals surface area contributed by atoms with Crippen molar-refractivity contribution in [1.29, 1.82) is 0 Å². The number of hydrogen-bond acceptors (Lipinski definition) is 1. The van der Waals surface area contributed by atoms with Crippen molar-refractivity contribution in [2.75, 3.05) is 6.54 Å². The number of amides is 1. The van der Waals surface area contributed by atoms with E-state index in [1.54, 1.807) is 0 Å². The third-order valence-corrected chi connectivity index (χ3v) is 2.94. The van der Waals surface area contributed by atoms with Crippen LogP contribution < -0.4 is 5.32 Å². The molecule has 0 aromatic carbocycles. The minimum Gasteiger partial charge on any atom is -0.345 e. The number of nitrogens with one attached hydrogen (secondary N) is 1. The molecular formula is C11H17NO. The summed E-state index contributed by atoms with van der Waals surface area (Å²) in [5.41, 5.74) is 0.151. The van der Waals surface area contributed by atoms with Gasteiger partial charge in [-0.3, -0.25) is 4.79 Å². The summed E-state index contributed by atoms with van der Waals surface area (Å²) < 4.78 is 0. The van der Waals surface area contributed by atoms with Gasteiger partial charge in [0.1, 0.15) is 0 Å². The maximum Gasteiger partial charge on any atom is 0.224 e. The molecule has 0 spiro atoms. The summed E-state index contributed by atoms with van der Waals surface area (Å²) in [4.78, 5) is 11.6. The van der Waals surface area contributed by atoms with Gasteiger partial charge in [-0.15, -0.1) is 6.42 Å². The van der Waals surface area contributed by atoms with Crippen LogP contribution in [0.25, 0.3) is 0 Å². The fraction of sp³-hybridized carbons (Fsp3) is 0.727. The fourth-order valence-corrected chi connectivity index (χ4v) is 2.07. The Morgan fingerprint density at radius 3 is 2.85 bits per heavy atom. The highest BCUT2D eigenvalue weighted by Gasteiger charge is 2.38. The zero-order chi connectivity index (χ0) is 9.90. The molecule has 0 aliphatic heterocycles. The van der Waals surface area contributed by atoms with E-state index in [9.17, 15) is 4.79 Å². The van der Waals surface area contributed by atoms with Crippen LogP contribution in [0, 0.1) is 23.7 Å². The Hall–Kier alpha value is -0.970. The highest BCUT2D eigenvalue weighted by molar-refractivity contribution is 5.79. The Kier molecular flexibility index (Phi) is 2.98. The van der Waals surface area contributed by atoms with Crippen molar-refractivity contribution in [2.24, 2.45) is 11.3 Å². The number of carbonyl (C=O) groups is 1. The number of carbonyl (C=O) groups excluding carboxylic acids is 1. The van der Waals surface area contributed by atoms with Crippen molar-refractivity contribution in [3.63, 3.8) is 0 Å². The van der Waals surface area contributed by atoms with Crippen molar-refractivity contribution in [3.05, 3.63) is 0 Å². The smallest absolute Gasteiger partial charge is 0.224 e. The quantitative estimate of drug-likeness (QED) is 0.640. The van der Waals surface area contributed by atoms with E-state index in [2.05, 4.69) is 25.1 Å². The number of terminal acetylenes is 1. The molecule has 1 amide bonds. The molecule has 0 saturated heterocycles. The van der Waals surface area contributed by atoms with Crippen molar-refractivity contribution >= 4 is 5.91 Å². The molecular weight excluding hydrogens is 162 g/mol. The first-order valence-electron chi connectivity index (χ1n) is 4.79. The second-order valence-electron chi connectivity index (χ2n) is 4.36. The molecule has 1 aliphatic rings. The van der Waals surface area contributed by atoms with Crippen LogP contribution in [0.4, 0.5) is 0 Å². The lowest BCUT2D eigenvalue weighted by Crippen LogP contribution is -2.36. The summed E-state index contributed by atoms with van der Waals surface area (Å²) in [6.45, 7) is 4.66. The first kappa shape index (κ1) is 10.1. The Labute approximate surface area is 80.1 Å². The molecule has 1 rings (SSSR count). The van der Waals surface area contributed by atoms with Gasteiger partial charge in [-0.25, -0.2) is 0 Å². The largest absolute Gasteiger partial charge is 0.345 e. The molecule has 1 fully saturated rings. The minimum atomic E-state index is 0.125. The van der Waals surface area contributed by atoms with Gasteiger partial charge in [0.2, 0.25) is 5.91 Å². The van der Waals surface area contributed by atoms with Gasteiger partial charge >= 0.3 is 0 Å². The van der Waals surface area contributed by atoms with E-state index >= 15 is 0 Å². The molecule has 1 unspecified atom stereocenters. The van der Waals surface area contributed by atoms with Gasteiger partial charge in [0, 0.05) is 5.92 Å². The van der Waals surface area contributed by atoms with Gasteiger partial charge < -0.3 is 5.32 Å². The van der Waals surface area contributed by atoms with Gasteiger partial charge in [-0.2, -0.15) is 0 Å². The highest BCUT2D eigenvalue weighted by Crippen LogP contribution is 2.42. The Morgan fingerprint density at radius 1 is 1.69 bits per heavy atom. The molecule has 72 valence electrons. The molecule has 0 radical (unpaired) electrons. The van der Waals surface area contributed by atoms with E-state index in [0.717, 1.165) is 19.3 Å². The molecule has 2 nitrogen and oxygen atoms in total. The Balaban J connectivity index is 2.52. The molecule has 1 aliphatic carbocycles. The van der Waals surface area contributed by atoms with Crippen LogP contribution in [0.2, 0.25) is 0 Å². The van der Waals surface area contributed by atoms with Crippen LogP contribution in [0.3, 0.4) is 0 Å². The third kappa shape index (κ3) is 2.24. The normalized spacial score (nSPS) is 25.2. The monoisotopic (exact) mass is 179 g/mol. The van der Waals surface area contributed by atoms with Crippen molar-refractivity contribution in [1.82, 2.24) is 5.32 Å². The second-order valence-corrected chi connectivity index (χ2v) is 4.36. The van der Waals surface area contributed by atoms with Gasteiger partial charge in [0.15, 0.2) is 0 Å². The van der Waals surface area contributed by atoms with E-state index in [0.29, 0.717) is 6.54 Å². The zero-order valence-electron chi connectivity index (χ0n) is 8.39. The van der Waals surface area contributed by atoms with Crippen LogP contribution in [0.15, 0.2) is 0 Å². The minimum absolute atomic E-state index is 0.125. The van der Waals surface area contributed by atoms with E-state index in [-0.39, 0.29) is 17.2 Å². The van der Waals surface area contributed by atoms with E-state index < -0.39 is 0 Å². The summed E-state index contributed by atoms with van der Waals surface area (Å²) >= 11 is 0. The van der Waals surface area contributed by atoms with Crippen LogP contribution in [0.1, 0.15) is 33.1 Å². The fourth-order valence-electron chi connectivity index (χ4n) is 2.07. The summed E-state index contributed by atoms with van der Waals surface area (Å²) in [5, 5.41) is 2.75. The summed E-state index contributed by atoms with van der Waals surface area (Å²) in [7, 11) is 0. The number of rotatable bonds is 2. The summed E-state index contributed by atoms with van der Waals surface area (Å²) in [5.74, 6) is 2.70. The van der Waals surface area contributed by atoms with Gasteiger partial charge in [0.05, 0.1) is 6.54 Å². The average molecular weight is 179 g/mol. The number of hydrogen-bond donors (Lipinski definition) is 1. The molecule has 1 N–H and O–H groups in total. The van der Waals surface area contributed by atoms with Gasteiger partial charge in [-0.05, 0) is 18.3 Å². The predicted octanol–water partition coefficient (Wildman–Crippen LogP) is 1.56. The molecule has 0 aromatic rings. The molecule has 0 aromatic heterocycles. The molecule has 2 heteroatoms. The van der Waals surface area contributed by atoms with Gasteiger partial charge in [-0.1, -0.05) is 26.2 Å². The Bertz CT molecular complexity index is 237. The van der Waals surface area contributed by atoms with Crippen molar-refractivity contribution in [2.45, 2.75) is 33.1 Å². The van der Waals surface area contributed by atoms with E-state index in [4.69, 9.17) is 6.42 Å². The molecule has 13 heavy (non-hydrogen) atoms. The molecule has 1 saturated carbocycles. The van der Waals surface area contributed by atoms with E-state index in [1.807, 2.05) is 0 Å². The standard InChI is InChI=1S/C11H17NO/c1-4-8-12-10(13)9-6-5-7-11(9,2)3/h1,9H,5-8H2,2-3H3,(H,12,13). The third-order valence-electron chi connectivity index (χ3n) is 2.94. The summed E-state index contributed by atoms with van der Waals surface area (Å²) in [6, 6.07) is 0.